The van der Waals surface area contributed by atoms with Crippen LogP contribution >= 0.6 is 0 Å². The van der Waals surface area contributed by atoms with Crippen LogP contribution in [0.25, 0.3) is 0 Å². The molecule has 0 spiro atoms. The minimum atomic E-state index is 0.0432. The highest BCUT2D eigenvalue weighted by atomic mass is 15.1. The van der Waals surface area contributed by atoms with Gasteiger partial charge in [0, 0.05) is 24.3 Å². The second kappa shape index (κ2) is 3.62. The first kappa shape index (κ1) is 8.94. The molecule has 3 heteroatoms. The SMILES string of the molecule is CC1=CNC(c2ccncc2)N=C1C. The first-order valence-electron chi connectivity index (χ1n) is 4.65. The summed E-state index contributed by atoms with van der Waals surface area (Å²) in [6.45, 7) is 4.08. The van der Waals surface area contributed by atoms with Gasteiger partial charge in [-0.05, 0) is 37.1 Å². The Labute approximate surface area is 83.6 Å². The summed E-state index contributed by atoms with van der Waals surface area (Å²) in [7, 11) is 0. The maximum atomic E-state index is 4.54. The van der Waals surface area contributed by atoms with Crippen LogP contribution in [0, 0.1) is 0 Å². The standard InChI is InChI=1S/C11H13N3/c1-8-7-13-11(14-9(8)2)10-3-5-12-6-4-10/h3-7,11,13H,1-2H3. The highest BCUT2D eigenvalue weighted by Gasteiger charge is 2.12. The van der Waals surface area contributed by atoms with Crippen molar-refractivity contribution in [2.45, 2.75) is 20.0 Å². The van der Waals surface area contributed by atoms with E-state index in [1.54, 1.807) is 12.4 Å². The molecule has 0 radical (unpaired) electrons. The van der Waals surface area contributed by atoms with E-state index in [9.17, 15) is 0 Å². The second-order valence-corrected chi connectivity index (χ2v) is 3.39. The Hall–Kier alpha value is -1.64. The third-order valence-electron chi connectivity index (χ3n) is 2.37. The van der Waals surface area contributed by atoms with Gasteiger partial charge in [-0.15, -0.1) is 0 Å². The van der Waals surface area contributed by atoms with Crippen LogP contribution in [0.2, 0.25) is 0 Å². The van der Waals surface area contributed by atoms with Crippen molar-refractivity contribution in [3.8, 4) is 0 Å². The van der Waals surface area contributed by atoms with Crippen molar-refractivity contribution in [2.24, 2.45) is 4.99 Å². The van der Waals surface area contributed by atoms with Crippen molar-refractivity contribution >= 4 is 5.71 Å². The average molecular weight is 187 g/mol. The molecule has 0 amide bonds. The molecule has 1 N–H and O–H groups in total. The maximum absolute atomic E-state index is 4.54. The molecule has 1 unspecified atom stereocenters. The molecule has 1 aliphatic heterocycles. The first-order valence-corrected chi connectivity index (χ1v) is 4.65. The van der Waals surface area contributed by atoms with Gasteiger partial charge in [0.2, 0.25) is 0 Å². The average Bonchev–Trinajstić information content (AvgIpc) is 2.23. The van der Waals surface area contributed by atoms with E-state index in [4.69, 9.17) is 0 Å². The van der Waals surface area contributed by atoms with Crippen LogP contribution in [0.4, 0.5) is 0 Å². The Morgan fingerprint density at radius 3 is 2.57 bits per heavy atom. The molecule has 2 heterocycles. The molecule has 1 aliphatic rings. The van der Waals surface area contributed by atoms with E-state index in [1.807, 2.05) is 25.3 Å². The number of nitrogens with zero attached hydrogens (tertiary/aromatic N) is 2. The Bertz CT molecular complexity index is 379. The van der Waals surface area contributed by atoms with Gasteiger partial charge >= 0.3 is 0 Å². The smallest absolute Gasteiger partial charge is 0.144 e. The topological polar surface area (TPSA) is 37.3 Å². The van der Waals surface area contributed by atoms with Crippen molar-refractivity contribution in [3.05, 3.63) is 41.9 Å². The molecule has 2 rings (SSSR count). The zero-order valence-electron chi connectivity index (χ0n) is 8.36. The van der Waals surface area contributed by atoms with Gasteiger partial charge in [0.15, 0.2) is 0 Å². The van der Waals surface area contributed by atoms with Gasteiger partial charge in [0.05, 0.1) is 0 Å². The van der Waals surface area contributed by atoms with Crippen molar-refractivity contribution < 1.29 is 0 Å². The molecule has 14 heavy (non-hydrogen) atoms. The quantitative estimate of drug-likeness (QED) is 0.730. The number of hydrogen-bond donors (Lipinski definition) is 1. The first-order chi connectivity index (χ1) is 6.77. The molecular formula is C11H13N3. The number of nitrogens with one attached hydrogen (secondary N) is 1. The number of rotatable bonds is 1. The maximum Gasteiger partial charge on any atom is 0.144 e. The minimum absolute atomic E-state index is 0.0432. The summed E-state index contributed by atoms with van der Waals surface area (Å²) in [5.41, 5.74) is 3.42. The Kier molecular flexibility index (Phi) is 2.31. The fraction of sp³-hybridized carbons (Fsp3) is 0.273. The Morgan fingerprint density at radius 1 is 1.21 bits per heavy atom. The van der Waals surface area contributed by atoms with E-state index in [0.717, 1.165) is 11.3 Å². The van der Waals surface area contributed by atoms with Gasteiger partial charge < -0.3 is 5.32 Å². The van der Waals surface area contributed by atoms with E-state index in [-0.39, 0.29) is 6.17 Å². The van der Waals surface area contributed by atoms with Crippen molar-refractivity contribution in [2.75, 3.05) is 0 Å². The normalized spacial score (nSPS) is 20.9. The number of aromatic nitrogens is 1. The van der Waals surface area contributed by atoms with Gasteiger partial charge in [0.25, 0.3) is 0 Å². The van der Waals surface area contributed by atoms with Crippen molar-refractivity contribution in [1.82, 2.24) is 10.3 Å². The Morgan fingerprint density at radius 2 is 1.93 bits per heavy atom. The van der Waals surface area contributed by atoms with E-state index in [0.29, 0.717) is 0 Å². The van der Waals surface area contributed by atoms with Gasteiger partial charge in [0.1, 0.15) is 6.17 Å². The van der Waals surface area contributed by atoms with E-state index >= 15 is 0 Å². The summed E-state index contributed by atoms with van der Waals surface area (Å²) in [6.07, 6.45) is 5.62. The van der Waals surface area contributed by atoms with E-state index < -0.39 is 0 Å². The number of pyridine rings is 1. The number of allylic oxidation sites excluding steroid dienone is 1. The predicted molar refractivity (Wildman–Crippen MR) is 57.0 cm³/mol. The summed E-state index contributed by atoms with van der Waals surface area (Å²) in [6, 6.07) is 3.95. The van der Waals surface area contributed by atoms with E-state index in [2.05, 4.69) is 22.2 Å². The molecule has 72 valence electrons. The monoisotopic (exact) mass is 187 g/mol. The minimum Gasteiger partial charge on any atom is -0.366 e. The highest BCUT2D eigenvalue weighted by molar-refractivity contribution is 5.98. The van der Waals surface area contributed by atoms with Crippen LogP contribution in [-0.4, -0.2) is 10.7 Å². The van der Waals surface area contributed by atoms with Crippen LogP contribution in [0.5, 0.6) is 0 Å². The van der Waals surface area contributed by atoms with Gasteiger partial charge in [-0.25, -0.2) is 0 Å². The molecule has 0 aromatic carbocycles. The van der Waals surface area contributed by atoms with Crippen LogP contribution < -0.4 is 5.32 Å². The van der Waals surface area contributed by atoms with Crippen LogP contribution in [0.1, 0.15) is 25.6 Å². The lowest BCUT2D eigenvalue weighted by molar-refractivity contribution is 0.643. The highest BCUT2D eigenvalue weighted by Crippen LogP contribution is 2.18. The lowest BCUT2D eigenvalue weighted by Crippen LogP contribution is -2.20. The molecule has 0 fully saturated rings. The van der Waals surface area contributed by atoms with Gasteiger partial charge in [-0.3, -0.25) is 9.98 Å². The lowest BCUT2D eigenvalue weighted by atomic mass is 10.1. The number of aliphatic imine (C=N–C) groups is 1. The summed E-state index contributed by atoms with van der Waals surface area (Å²) >= 11 is 0. The van der Waals surface area contributed by atoms with Gasteiger partial charge in [-0.2, -0.15) is 0 Å². The fourth-order valence-corrected chi connectivity index (χ4v) is 1.36. The third-order valence-corrected chi connectivity index (χ3v) is 2.37. The van der Waals surface area contributed by atoms with Crippen molar-refractivity contribution in [1.29, 1.82) is 0 Å². The third kappa shape index (κ3) is 1.66. The molecule has 0 aliphatic carbocycles. The summed E-state index contributed by atoms with van der Waals surface area (Å²) in [4.78, 5) is 8.53. The predicted octanol–water partition coefficient (Wildman–Crippen LogP) is 2.05. The summed E-state index contributed by atoms with van der Waals surface area (Å²) < 4.78 is 0. The largest absolute Gasteiger partial charge is 0.366 e. The molecule has 1 aromatic rings. The lowest BCUT2D eigenvalue weighted by Gasteiger charge is -2.19. The summed E-state index contributed by atoms with van der Waals surface area (Å²) in [5.74, 6) is 0. The molecule has 0 saturated heterocycles. The van der Waals surface area contributed by atoms with Crippen LogP contribution in [0.15, 0.2) is 41.3 Å². The van der Waals surface area contributed by atoms with Crippen LogP contribution in [-0.2, 0) is 0 Å². The molecular weight excluding hydrogens is 174 g/mol. The molecule has 3 nitrogen and oxygen atoms in total. The zero-order chi connectivity index (χ0) is 9.97. The fourth-order valence-electron chi connectivity index (χ4n) is 1.36. The van der Waals surface area contributed by atoms with Crippen LogP contribution in [0.3, 0.4) is 0 Å². The number of hydrogen-bond acceptors (Lipinski definition) is 3. The Balaban J connectivity index is 2.25. The zero-order valence-corrected chi connectivity index (χ0v) is 8.36. The summed E-state index contributed by atoms with van der Waals surface area (Å²) in [5, 5.41) is 3.24. The second-order valence-electron chi connectivity index (χ2n) is 3.39. The molecule has 0 saturated carbocycles. The van der Waals surface area contributed by atoms with E-state index in [1.165, 1.54) is 5.57 Å². The molecule has 0 bridgehead atoms. The molecule has 1 aromatic heterocycles. The van der Waals surface area contributed by atoms with Gasteiger partial charge in [-0.1, -0.05) is 0 Å². The molecule has 1 atom stereocenters. The van der Waals surface area contributed by atoms with Crippen molar-refractivity contribution in [3.63, 3.8) is 0 Å².